The van der Waals surface area contributed by atoms with Crippen LogP contribution in [0.1, 0.15) is 81.2 Å². The Morgan fingerprint density at radius 2 is 0.725 bits per heavy atom. The number of nitrogens with zero attached hydrogens (tertiary/aromatic N) is 5. The SMILES string of the molecule is CC(=O)C=C(C)O.Cc1cc[c-]c(-c2ccc3ccc(C)cc3n2)c1.Cc1ccc(-n2cncc2-c2c(C(C)C)cccc2C(C)C)c(-c2c[c-]ccc2)c1.[Ir].[Ir].[Ir].[c-]1ccc(-c2ccccc2)cc1-c1ccccn1.[c-]1ccccc1-c1ccccn1.c1ccc(-c2cc3c4cc(-c5ccccc5)c(-c5ccccc5)cc4c4cc(-c5ccccc5)c(-c5ccccc5)cc4c3cc2-c2ccccc2)cc1. The first-order chi connectivity index (χ1) is 68.0. The maximum atomic E-state index is 10.0. The van der Waals surface area contributed by atoms with E-state index in [2.05, 4.69) is 426 Å². The number of pyridine rings is 3. The van der Waals surface area contributed by atoms with Crippen molar-refractivity contribution in [3.8, 4) is 140 Å². The van der Waals surface area contributed by atoms with E-state index in [-0.39, 0.29) is 71.9 Å². The predicted octanol–water partition coefficient (Wildman–Crippen LogP) is 34.8. The third-order valence-electron chi connectivity index (χ3n) is 24.5. The number of allylic oxidation sites excluding steroid dienone is 2. The monoisotopic (exact) mass is 2370 g/mol. The normalized spacial score (nSPS) is 10.8. The summed E-state index contributed by atoms with van der Waals surface area (Å²) >= 11 is 0. The van der Waals surface area contributed by atoms with E-state index >= 15 is 0 Å². The molecule has 0 bridgehead atoms. The van der Waals surface area contributed by atoms with Crippen molar-refractivity contribution in [1.29, 1.82) is 0 Å². The Balaban J connectivity index is 0.000000153. The maximum Gasteiger partial charge on any atom is 0.155 e. The predicted molar refractivity (Wildman–Crippen MR) is 583 cm³/mol. The van der Waals surface area contributed by atoms with E-state index in [1.807, 2.05) is 116 Å². The Bertz CT molecular complexity index is 7280. The van der Waals surface area contributed by atoms with Crippen LogP contribution in [0, 0.1) is 45.0 Å². The topological polar surface area (TPSA) is 93.8 Å². The molecule has 0 fully saturated rings. The van der Waals surface area contributed by atoms with Crippen molar-refractivity contribution in [3.63, 3.8) is 0 Å². The number of fused-ring (bicyclic) bond motifs is 7. The van der Waals surface area contributed by atoms with E-state index < -0.39 is 0 Å². The van der Waals surface area contributed by atoms with Crippen molar-refractivity contribution in [2.24, 2.45) is 0 Å². The zero-order valence-corrected chi connectivity index (χ0v) is 87.9. The molecule has 0 unspecified atom stereocenters. The molecule has 7 nitrogen and oxygen atoms in total. The fraction of sp³-hybridized carbons (Fsp3) is 0.0833. The van der Waals surface area contributed by atoms with Gasteiger partial charge in [-0.2, -0.15) is 30.3 Å². The van der Waals surface area contributed by atoms with Crippen LogP contribution in [0.3, 0.4) is 0 Å². The third kappa shape index (κ3) is 25.2. The van der Waals surface area contributed by atoms with Gasteiger partial charge in [-0.05, 0) is 250 Å². The van der Waals surface area contributed by atoms with Crippen LogP contribution in [0.5, 0.6) is 0 Å². The number of aromatic nitrogens is 5. The zero-order valence-electron chi connectivity index (χ0n) is 80.7. The zero-order chi connectivity index (χ0) is 95.9. The number of carbonyl (C=O) groups excluding carboxylic acids is 1. The molecule has 0 saturated heterocycles. The Labute approximate surface area is 875 Å². The molecule has 0 spiro atoms. The summed E-state index contributed by atoms with van der Waals surface area (Å²) < 4.78 is 2.24. The molecule has 0 atom stereocenters. The Hall–Kier alpha value is -15.2. The number of hydrogen-bond donors (Lipinski definition) is 1. The van der Waals surface area contributed by atoms with E-state index in [4.69, 9.17) is 10.1 Å². The van der Waals surface area contributed by atoms with Crippen molar-refractivity contribution < 1.29 is 70.2 Å². The van der Waals surface area contributed by atoms with Crippen molar-refractivity contribution in [2.45, 2.75) is 74.1 Å². The molecule has 0 aliphatic rings. The van der Waals surface area contributed by atoms with Gasteiger partial charge in [0, 0.05) is 90.0 Å². The fourth-order valence-corrected chi connectivity index (χ4v) is 17.9. The molecule has 0 saturated carbocycles. The van der Waals surface area contributed by atoms with Gasteiger partial charge in [0.25, 0.3) is 0 Å². The molecule has 18 aromatic carbocycles. The second-order valence-electron chi connectivity index (χ2n) is 35.2. The molecule has 703 valence electrons. The van der Waals surface area contributed by atoms with E-state index in [1.54, 1.807) is 12.4 Å². The number of hydrogen-bond acceptors (Lipinski definition) is 6. The maximum absolute atomic E-state index is 10.0. The van der Waals surface area contributed by atoms with Crippen LogP contribution in [0.25, 0.3) is 183 Å². The minimum absolute atomic E-state index is 0. The first-order valence-corrected chi connectivity index (χ1v) is 47.2. The fourth-order valence-electron chi connectivity index (χ4n) is 17.9. The average molecular weight is 2370 g/mol. The first kappa shape index (κ1) is 103. The van der Waals surface area contributed by atoms with Crippen molar-refractivity contribution in [1.82, 2.24) is 24.5 Å². The van der Waals surface area contributed by atoms with Crippen LogP contribution in [0.2, 0.25) is 0 Å². The molecule has 4 aromatic heterocycles. The van der Waals surface area contributed by atoms with Crippen LogP contribution in [0.15, 0.2) is 474 Å². The van der Waals surface area contributed by atoms with Gasteiger partial charge in [0.2, 0.25) is 0 Å². The number of aliphatic hydroxyl groups is 1. The Kier molecular flexibility index (Phi) is 35.9. The summed E-state index contributed by atoms with van der Waals surface area (Å²) in [5, 5.41) is 17.0. The number of aliphatic hydroxyl groups excluding tert-OH is 1. The van der Waals surface area contributed by atoms with Crippen LogP contribution in [-0.4, -0.2) is 35.4 Å². The van der Waals surface area contributed by atoms with Gasteiger partial charge < -0.3 is 15.1 Å². The number of imidazole rings is 1. The van der Waals surface area contributed by atoms with Gasteiger partial charge in [-0.1, -0.05) is 331 Å². The van der Waals surface area contributed by atoms with Gasteiger partial charge in [0.05, 0.1) is 29.5 Å². The van der Waals surface area contributed by atoms with Crippen LogP contribution in [-0.2, 0) is 65.1 Å². The second kappa shape index (κ2) is 49.6. The summed E-state index contributed by atoms with van der Waals surface area (Å²) in [7, 11) is 0. The number of benzene rings is 18. The van der Waals surface area contributed by atoms with Crippen LogP contribution >= 0.6 is 0 Å². The van der Waals surface area contributed by atoms with E-state index in [0.29, 0.717) is 11.8 Å². The number of rotatable bonds is 16. The molecule has 4 heterocycles. The average Bonchev–Trinajstić information content (AvgIpc) is 0.838. The number of ketones is 1. The Morgan fingerprint density at radius 1 is 0.331 bits per heavy atom. The van der Waals surface area contributed by atoms with Gasteiger partial charge in [0.1, 0.15) is 0 Å². The standard InChI is InChI=1S/C54H36.C28H29N2.C17H14N.C17H12N.C11H8N.C5H8O2.3Ir/c1-7-19-37(20-8-1)43-31-49-50(32-44(43)38-21-9-2-10-22-38)52-34-46(40-25-13-4-14-26-40)48(42-29-17-6-18-30-42)36-54(52)53-35-47(41-27-15-5-16-28-41)45(33-51(49)53)39-23-11-3-12-24-39;1-19(2)23-12-9-13-24(20(3)4)28(23)27-17-29-18-30(27)26-15-14-21(5)16-25(26)22-10-7-6-8-11-22;1-12-4-3-5-15(10-12)16-9-8-14-7-6-13(2)11-17(14)18-16;1-2-7-14(8-3-1)15-9-6-10-16(13-15)17-11-4-5-12-18-17;1-2-6-10(7-3-1)11-8-4-5-9-12-11;1-4(6)3-5(2)7;;;/h1-36H;6-7,9-20H,1-5H3;3-4,6-11H,1-2H3;1-9,11-13H;1-6,8-9H;3,6H,1-2H3;;;/q;4*-1;;;;. The van der Waals surface area contributed by atoms with Crippen molar-refractivity contribution >= 4 is 49.0 Å². The summed E-state index contributed by atoms with van der Waals surface area (Å²) in [6.45, 7) is 18.2. The van der Waals surface area contributed by atoms with Crippen molar-refractivity contribution in [3.05, 3.63) is 526 Å². The molecule has 0 aliphatic heterocycles. The summed E-state index contributed by atoms with van der Waals surface area (Å²) in [6, 6.07) is 167. The third-order valence-corrected chi connectivity index (χ3v) is 24.5. The summed E-state index contributed by atoms with van der Waals surface area (Å²) in [6.07, 6.45) is 8.71. The second-order valence-corrected chi connectivity index (χ2v) is 35.2. The molecule has 142 heavy (non-hydrogen) atoms. The molecular weight excluding hydrogens is 2260 g/mol. The molecule has 0 aliphatic carbocycles. The molecular formula is C132H107Ir3N5O2-4. The summed E-state index contributed by atoms with van der Waals surface area (Å²) in [5.74, 6) is 0.805. The largest absolute Gasteiger partial charge is 0.512 e. The molecule has 22 aromatic rings. The molecule has 1 N–H and O–H groups in total. The molecule has 22 rings (SSSR count). The van der Waals surface area contributed by atoms with Gasteiger partial charge in [0.15, 0.2) is 5.78 Å². The Morgan fingerprint density at radius 3 is 1.13 bits per heavy atom. The molecule has 10 heteroatoms. The minimum atomic E-state index is -0.125. The van der Waals surface area contributed by atoms with Gasteiger partial charge in [-0.15, -0.1) is 112 Å². The van der Waals surface area contributed by atoms with Crippen molar-refractivity contribution in [2.75, 3.05) is 0 Å². The summed E-state index contributed by atoms with van der Waals surface area (Å²) in [5.41, 5.74) is 36.5. The van der Waals surface area contributed by atoms with Gasteiger partial charge in [-0.25, -0.2) is 4.98 Å². The van der Waals surface area contributed by atoms with Crippen LogP contribution in [0.4, 0.5) is 0 Å². The molecule has 0 amide bonds. The van der Waals surface area contributed by atoms with E-state index in [0.717, 1.165) is 56.2 Å². The first-order valence-electron chi connectivity index (χ1n) is 47.2. The van der Waals surface area contributed by atoms with Crippen LogP contribution < -0.4 is 0 Å². The van der Waals surface area contributed by atoms with Gasteiger partial charge >= 0.3 is 0 Å². The smallest absolute Gasteiger partial charge is 0.155 e. The van der Waals surface area contributed by atoms with E-state index in [1.165, 1.54) is 174 Å². The minimum Gasteiger partial charge on any atom is -0.512 e. The van der Waals surface area contributed by atoms with Gasteiger partial charge in [-0.3, -0.25) is 14.3 Å². The number of carbonyl (C=O) groups is 1. The number of aryl methyl sites for hydroxylation is 3. The quantitative estimate of drug-likeness (QED) is 0.0448. The summed E-state index contributed by atoms with van der Waals surface area (Å²) in [4.78, 5) is 27.9. The van der Waals surface area contributed by atoms with E-state index in [9.17, 15) is 4.79 Å². The molecule has 3 radical (unpaired) electrons.